The van der Waals surface area contributed by atoms with Gasteiger partial charge in [-0.25, -0.2) is 4.39 Å². The molecule has 128 valence electrons. The van der Waals surface area contributed by atoms with Gasteiger partial charge in [0.2, 0.25) is 11.0 Å². The maximum absolute atomic E-state index is 13.7. The van der Waals surface area contributed by atoms with E-state index in [4.69, 9.17) is 0 Å². The molecule has 0 bridgehead atoms. The van der Waals surface area contributed by atoms with E-state index in [0.717, 1.165) is 5.56 Å². The Morgan fingerprint density at radius 1 is 1.12 bits per heavy atom. The molecule has 0 aliphatic heterocycles. The number of nitrogens with zero attached hydrogens (tertiary/aromatic N) is 2. The number of benzene rings is 2. The lowest BCUT2D eigenvalue weighted by Gasteiger charge is -2.13. The summed E-state index contributed by atoms with van der Waals surface area (Å²) in [5, 5.41) is 12.0. The molecule has 0 spiro atoms. The number of rotatable bonds is 6. The van der Waals surface area contributed by atoms with Crippen molar-refractivity contribution in [3.63, 3.8) is 0 Å². The lowest BCUT2D eigenvalue weighted by Crippen LogP contribution is -2.20. The Bertz CT molecular complexity index is 851. The topological polar surface area (TPSA) is 54.9 Å². The van der Waals surface area contributed by atoms with Gasteiger partial charge in [-0.3, -0.25) is 10.1 Å². The van der Waals surface area contributed by atoms with Crippen molar-refractivity contribution in [1.29, 1.82) is 0 Å². The standard InChI is InChI=1S/C19H18FN3OS/c1-2-15(13-8-4-3-5-9-13)18(24)21-19-23-22-17(25-19)12-14-10-6-7-11-16(14)20/h3-11,15H,2,12H2,1H3,(H,21,23,24)/t15-/m1/s1. The first-order chi connectivity index (χ1) is 12.2. The van der Waals surface area contributed by atoms with Crippen molar-refractivity contribution in [2.45, 2.75) is 25.7 Å². The van der Waals surface area contributed by atoms with Crippen LogP contribution < -0.4 is 5.32 Å². The highest BCUT2D eigenvalue weighted by Gasteiger charge is 2.20. The van der Waals surface area contributed by atoms with Crippen LogP contribution in [0.15, 0.2) is 54.6 Å². The molecule has 0 fully saturated rings. The smallest absolute Gasteiger partial charge is 0.233 e. The van der Waals surface area contributed by atoms with E-state index in [-0.39, 0.29) is 17.6 Å². The van der Waals surface area contributed by atoms with Gasteiger partial charge < -0.3 is 0 Å². The molecule has 0 saturated heterocycles. The second kappa shape index (κ2) is 7.98. The second-order valence-corrected chi connectivity index (χ2v) is 6.69. The second-order valence-electron chi connectivity index (χ2n) is 5.63. The van der Waals surface area contributed by atoms with E-state index in [1.165, 1.54) is 17.4 Å². The molecule has 2 aromatic carbocycles. The minimum Gasteiger partial charge on any atom is -0.300 e. The Morgan fingerprint density at radius 2 is 1.84 bits per heavy atom. The fourth-order valence-corrected chi connectivity index (χ4v) is 3.40. The third-order valence-electron chi connectivity index (χ3n) is 3.92. The molecular formula is C19H18FN3OS. The Labute approximate surface area is 149 Å². The molecule has 1 amide bonds. The SMILES string of the molecule is CC[C@@H](C(=O)Nc1nnc(Cc2ccccc2F)s1)c1ccccc1. The van der Waals surface area contributed by atoms with Crippen LogP contribution >= 0.6 is 11.3 Å². The van der Waals surface area contributed by atoms with Crippen LogP contribution in [0.25, 0.3) is 0 Å². The predicted molar refractivity (Wildman–Crippen MR) is 97.2 cm³/mol. The van der Waals surface area contributed by atoms with Crippen molar-refractivity contribution in [3.05, 3.63) is 76.5 Å². The van der Waals surface area contributed by atoms with Gasteiger partial charge in [0, 0.05) is 6.42 Å². The zero-order valence-corrected chi connectivity index (χ0v) is 14.6. The molecule has 1 atom stereocenters. The number of halogens is 1. The Morgan fingerprint density at radius 3 is 2.56 bits per heavy atom. The first kappa shape index (κ1) is 17.2. The predicted octanol–water partition coefficient (Wildman–Crippen LogP) is 4.40. The van der Waals surface area contributed by atoms with Crippen molar-refractivity contribution in [1.82, 2.24) is 10.2 Å². The fraction of sp³-hybridized carbons (Fsp3) is 0.211. The van der Waals surface area contributed by atoms with Crippen LogP contribution in [-0.2, 0) is 11.2 Å². The van der Waals surface area contributed by atoms with E-state index in [0.29, 0.717) is 28.5 Å². The van der Waals surface area contributed by atoms with Gasteiger partial charge in [0.25, 0.3) is 0 Å². The average molecular weight is 355 g/mol. The number of nitrogens with one attached hydrogen (secondary N) is 1. The number of carbonyl (C=O) groups is 1. The van der Waals surface area contributed by atoms with E-state index in [9.17, 15) is 9.18 Å². The molecule has 0 unspecified atom stereocenters. The number of hydrogen-bond donors (Lipinski definition) is 1. The van der Waals surface area contributed by atoms with Crippen LogP contribution in [-0.4, -0.2) is 16.1 Å². The highest BCUT2D eigenvalue weighted by atomic mass is 32.1. The van der Waals surface area contributed by atoms with Crippen molar-refractivity contribution in [2.24, 2.45) is 0 Å². The minimum atomic E-state index is -0.265. The number of anilines is 1. The summed E-state index contributed by atoms with van der Waals surface area (Å²) >= 11 is 1.27. The van der Waals surface area contributed by atoms with E-state index >= 15 is 0 Å². The third-order valence-corrected chi connectivity index (χ3v) is 4.76. The summed E-state index contributed by atoms with van der Waals surface area (Å²) in [4.78, 5) is 12.5. The molecule has 3 aromatic rings. The van der Waals surface area contributed by atoms with Crippen molar-refractivity contribution >= 4 is 22.4 Å². The molecule has 4 nitrogen and oxygen atoms in total. The van der Waals surface area contributed by atoms with Gasteiger partial charge >= 0.3 is 0 Å². The summed E-state index contributed by atoms with van der Waals surface area (Å²) in [5.41, 5.74) is 1.53. The van der Waals surface area contributed by atoms with Crippen molar-refractivity contribution < 1.29 is 9.18 Å². The van der Waals surface area contributed by atoms with Crippen LogP contribution in [0.3, 0.4) is 0 Å². The summed E-state index contributed by atoms with van der Waals surface area (Å²) in [6.45, 7) is 1.97. The minimum absolute atomic E-state index is 0.109. The highest BCUT2D eigenvalue weighted by Crippen LogP contribution is 2.24. The van der Waals surface area contributed by atoms with E-state index < -0.39 is 0 Å². The van der Waals surface area contributed by atoms with E-state index in [1.807, 2.05) is 37.3 Å². The third kappa shape index (κ3) is 4.28. The fourth-order valence-electron chi connectivity index (χ4n) is 2.63. The summed E-state index contributed by atoms with van der Waals surface area (Å²) < 4.78 is 13.7. The van der Waals surface area contributed by atoms with Crippen LogP contribution in [0.5, 0.6) is 0 Å². The normalized spacial score (nSPS) is 11.9. The Hall–Kier alpha value is -2.60. The number of hydrogen-bond acceptors (Lipinski definition) is 4. The number of aromatic nitrogens is 2. The molecule has 6 heteroatoms. The quantitative estimate of drug-likeness (QED) is 0.713. The van der Waals surface area contributed by atoms with Crippen LogP contribution in [0.4, 0.5) is 9.52 Å². The van der Waals surface area contributed by atoms with E-state index in [1.54, 1.807) is 18.2 Å². The van der Waals surface area contributed by atoms with Gasteiger partial charge in [0.1, 0.15) is 10.8 Å². The average Bonchev–Trinajstić information content (AvgIpc) is 3.05. The zero-order chi connectivity index (χ0) is 17.6. The van der Waals surface area contributed by atoms with Gasteiger partial charge in [-0.15, -0.1) is 10.2 Å². The first-order valence-electron chi connectivity index (χ1n) is 8.09. The van der Waals surface area contributed by atoms with Gasteiger partial charge in [-0.05, 0) is 23.6 Å². The van der Waals surface area contributed by atoms with Crippen molar-refractivity contribution in [2.75, 3.05) is 5.32 Å². The maximum atomic E-state index is 13.7. The molecule has 0 radical (unpaired) electrons. The largest absolute Gasteiger partial charge is 0.300 e. The first-order valence-corrected chi connectivity index (χ1v) is 8.90. The Balaban J connectivity index is 1.68. The number of carbonyl (C=O) groups excluding carboxylic acids is 1. The van der Waals surface area contributed by atoms with Gasteiger partial charge in [0.05, 0.1) is 5.92 Å². The molecule has 1 heterocycles. The molecule has 0 saturated carbocycles. The summed E-state index contributed by atoms with van der Waals surface area (Å²) in [5.74, 6) is -0.610. The maximum Gasteiger partial charge on any atom is 0.233 e. The zero-order valence-electron chi connectivity index (χ0n) is 13.8. The highest BCUT2D eigenvalue weighted by molar-refractivity contribution is 7.15. The molecule has 1 aromatic heterocycles. The van der Waals surface area contributed by atoms with Crippen LogP contribution in [0.1, 0.15) is 35.4 Å². The Kier molecular flexibility index (Phi) is 5.50. The molecular weight excluding hydrogens is 337 g/mol. The molecule has 3 rings (SSSR count). The molecule has 0 aliphatic carbocycles. The van der Waals surface area contributed by atoms with Crippen LogP contribution in [0.2, 0.25) is 0 Å². The monoisotopic (exact) mass is 355 g/mol. The van der Waals surface area contributed by atoms with Crippen molar-refractivity contribution in [3.8, 4) is 0 Å². The summed E-state index contributed by atoms with van der Waals surface area (Å²) in [6, 6.07) is 16.2. The van der Waals surface area contributed by atoms with Crippen LogP contribution in [0, 0.1) is 5.82 Å². The van der Waals surface area contributed by atoms with Gasteiger partial charge in [-0.1, -0.05) is 66.8 Å². The number of amides is 1. The summed E-state index contributed by atoms with van der Waals surface area (Å²) in [6.07, 6.45) is 1.05. The lowest BCUT2D eigenvalue weighted by molar-refractivity contribution is -0.117. The molecule has 25 heavy (non-hydrogen) atoms. The summed E-state index contributed by atoms with van der Waals surface area (Å²) in [7, 11) is 0. The lowest BCUT2D eigenvalue weighted by atomic mass is 9.96. The van der Waals surface area contributed by atoms with E-state index in [2.05, 4.69) is 15.5 Å². The molecule has 0 aliphatic rings. The van der Waals surface area contributed by atoms with Gasteiger partial charge in [0.15, 0.2) is 0 Å². The molecule has 1 N–H and O–H groups in total. The van der Waals surface area contributed by atoms with Gasteiger partial charge in [-0.2, -0.15) is 0 Å².